The summed E-state index contributed by atoms with van der Waals surface area (Å²) < 4.78 is 32.2. The van der Waals surface area contributed by atoms with Gasteiger partial charge in [0.25, 0.3) is 5.91 Å². The van der Waals surface area contributed by atoms with Crippen LogP contribution in [0.3, 0.4) is 0 Å². The first-order chi connectivity index (χ1) is 14.7. The molecule has 0 aromatic heterocycles. The van der Waals surface area contributed by atoms with Gasteiger partial charge < -0.3 is 15.2 Å². The molecular formula is C21H24N2O7S. The zero-order valence-corrected chi connectivity index (χ0v) is 17.9. The Balaban J connectivity index is 2.27. The van der Waals surface area contributed by atoms with Crippen molar-refractivity contribution in [1.29, 1.82) is 0 Å². The SMILES string of the molecule is CCCNS(=O)(=O)c1ccccc1-c1ccc(C(=O)NC(CC(=O)O)C(=O)OC)cc1. The summed E-state index contributed by atoms with van der Waals surface area (Å²) in [6.45, 7) is 2.17. The van der Waals surface area contributed by atoms with Crippen LogP contribution >= 0.6 is 0 Å². The Labute approximate surface area is 180 Å². The van der Waals surface area contributed by atoms with E-state index in [9.17, 15) is 22.8 Å². The molecule has 10 heteroatoms. The van der Waals surface area contributed by atoms with Crippen LogP contribution in [0.5, 0.6) is 0 Å². The number of esters is 1. The van der Waals surface area contributed by atoms with Gasteiger partial charge in [0.2, 0.25) is 10.0 Å². The van der Waals surface area contributed by atoms with Gasteiger partial charge in [0.15, 0.2) is 0 Å². The van der Waals surface area contributed by atoms with Gasteiger partial charge in [-0.15, -0.1) is 0 Å². The minimum Gasteiger partial charge on any atom is -0.481 e. The average Bonchev–Trinajstić information content (AvgIpc) is 2.76. The Morgan fingerprint density at radius 3 is 2.29 bits per heavy atom. The van der Waals surface area contributed by atoms with Crippen molar-refractivity contribution in [3.05, 3.63) is 54.1 Å². The maximum Gasteiger partial charge on any atom is 0.328 e. The molecule has 0 aliphatic heterocycles. The molecular weight excluding hydrogens is 424 g/mol. The second kappa shape index (κ2) is 10.7. The molecule has 31 heavy (non-hydrogen) atoms. The number of carbonyl (C=O) groups is 3. The number of aliphatic carboxylic acids is 1. The molecule has 0 saturated carbocycles. The summed E-state index contributed by atoms with van der Waals surface area (Å²) in [6, 6.07) is 11.2. The summed E-state index contributed by atoms with van der Waals surface area (Å²) in [5.41, 5.74) is 1.22. The third-order valence-corrected chi connectivity index (χ3v) is 5.87. The van der Waals surface area contributed by atoms with Crippen LogP contribution in [-0.4, -0.2) is 51.1 Å². The van der Waals surface area contributed by atoms with Crippen molar-refractivity contribution in [2.24, 2.45) is 0 Å². The molecule has 0 bridgehead atoms. The molecule has 1 atom stereocenters. The number of benzene rings is 2. The quantitative estimate of drug-likeness (QED) is 0.471. The first-order valence-electron chi connectivity index (χ1n) is 9.49. The zero-order chi connectivity index (χ0) is 23.0. The van der Waals surface area contributed by atoms with Crippen LogP contribution in [-0.2, 0) is 24.3 Å². The molecule has 0 spiro atoms. The van der Waals surface area contributed by atoms with E-state index in [4.69, 9.17) is 5.11 Å². The summed E-state index contributed by atoms with van der Waals surface area (Å²) in [4.78, 5) is 35.2. The van der Waals surface area contributed by atoms with Crippen LogP contribution in [0.1, 0.15) is 30.1 Å². The standard InChI is InChI=1S/C21H24N2O7S/c1-3-12-22-31(28,29)18-7-5-4-6-16(18)14-8-10-15(11-9-14)20(26)23-17(13-19(24)25)21(27)30-2/h4-11,17,22H,3,12-13H2,1-2H3,(H,23,26)(H,24,25). The molecule has 9 nitrogen and oxygen atoms in total. The number of nitrogens with one attached hydrogen (secondary N) is 2. The highest BCUT2D eigenvalue weighted by Crippen LogP contribution is 2.27. The molecule has 2 aromatic rings. The Hall–Kier alpha value is -3.24. The molecule has 0 heterocycles. The molecule has 2 aromatic carbocycles. The second-order valence-electron chi connectivity index (χ2n) is 6.62. The maximum absolute atomic E-state index is 12.6. The van der Waals surface area contributed by atoms with Gasteiger partial charge in [0, 0.05) is 17.7 Å². The number of methoxy groups -OCH3 is 1. The van der Waals surface area contributed by atoms with Crippen molar-refractivity contribution in [3.8, 4) is 11.1 Å². The first kappa shape index (κ1) is 24.0. The molecule has 1 unspecified atom stereocenters. The van der Waals surface area contributed by atoms with Crippen molar-refractivity contribution in [1.82, 2.24) is 10.0 Å². The van der Waals surface area contributed by atoms with Crippen LogP contribution in [0, 0.1) is 0 Å². The Morgan fingerprint density at radius 1 is 1.06 bits per heavy atom. The highest BCUT2D eigenvalue weighted by Gasteiger charge is 2.25. The lowest BCUT2D eigenvalue weighted by molar-refractivity contribution is -0.147. The lowest BCUT2D eigenvalue weighted by atomic mass is 10.0. The predicted molar refractivity (Wildman–Crippen MR) is 113 cm³/mol. The number of ether oxygens (including phenoxy) is 1. The smallest absolute Gasteiger partial charge is 0.328 e. The Bertz CT molecular complexity index is 1050. The van der Waals surface area contributed by atoms with Crippen molar-refractivity contribution in [2.75, 3.05) is 13.7 Å². The van der Waals surface area contributed by atoms with Gasteiger partial charge in [-0.2, -0.15) is 0 Å². The van der Waals surface area contributed by atoms with E-state index in [2.05, 4.69) is 14.8 Å². The number of hydrogen-bond acceptors (Lipinski definition) is 6. The van der Waals surface area contributed by atoms with Gasteiger partial charge in [-0.1, -0.05) is 37.3 Å². The number of carboxylic acid groups (broad SMARTS) is 1. The van der Waals surface area contributed by atoms with Gasteiger partial charge in [-0.05, 0) is 30.2 Å². The maximum atomic E-state index is 12.6. The number of rotatable bonds is 10. The van der Waals surface area contributed by atoms with E-state index in [0.29, 0.717) is 24.1 Å². The third-order valence-electron chi connectivity index (χ3n) is 4.35. The van der Waals surface area contributed by atoms with Crippen LogP contribution < -0.4 is 10.0 Å². The Kier molecular flexibility index (Phi) is 8.29. The van der Waals surface area contributed by atoms with Gasteiger partial charge in [0.1, 0.15) is 6.04 Å². The fourth-order valence-corrected chi connectivity index (χ4v) is 4.17. The second-order valence-corrected chi connectivity index (χ2v) is 8.35. The number of carboxylic acids is 1. The van der Waals surface area contributed by atoms with E-state index in [1.165, 1.54) is 18.2 Å². The average molecular weight is 448 g/mol. The molecule has 0 aliphatic rings. The van der Waals surface area contributed by atoms with Crippen molar-refractivity contribution in [2.45, 2.75) is 30.7 Å². The molecule has 0 aliphatic carbocycles. The predicted octanol–water partition coefficient (Wildman–Crippen LogP) is 1.79. The highest BCUT2D eigenvalue weighted by molar-refractivity contribution is 7.89. The summed E-state index contributed by atoms with van der Waals surface area (Å²) >= 11 is 0. The first-order valence-corrected chi connectivity index (χ1v) is 11.0. The van der Waals surface area contributed by atoms with E-state index < -0.39 is 40.3 Å². The normalized spacial score (nSPS) is 12.1. The van der Waals surface area contributed by atoms with Crippen molar-refractivity contribution < 1.29 is 32.6 Å². The molecule has 0 radical (unpaired) electrons. The minimum atomic E-state index is -3.70. The van der Waals surface area contributed by atoms with Crippen molar-refractivity contribution in [3.63, 3.8) is 0 Å². The largest absolute Gasteiger partial charge is 0.481 e. The lowest BCUT2D eigenvalue weighted by Gasteiger charge is -2.15. The monoisotopic (exact) mass is 448 g/mol. The van der Waals surface area contributed by atoms with E-state index in [-0.39, 0.29) is 10.5 Å². The number of sulfonamides is 1. The minimum absolute atomic E-state index is 0.118. The summed E-state index contributed by atoms with van der Waals surface area (Å²) in [5.74, 6) is -2.79. The van der Waals surface area contributed by atoms with Crippen LogP contribution in [0.25, 0.3) is 11.1 Å². The number of amides is 1. The topological polar surface area (TPSA) is 139 Å². The van der Waals surface area contributed by atoms with E-state index in [1.54, 1.807) is 30.3 Å². The molecule has 0 fully saturated rings. The molecule has 3 N–H and O–H groups in total. The third kappa shape index (κ3) is 6.37. The Morgan fingerprint density at radius 2 is 1.71 bits per heavy atom. The summed E-state index contributed by atoms with van der Waals surface area (Å²) in [5, 5.41) is 11.2. The fourth-order valence-electron chi connectivity index (χ4n) is 2.81. The number of carbonyl (C=O) groups excluding carboxylic acids is 2. The van der Waals surface area contributed by atoms with Gasteiger partial charge in [0.05, 0.1) is 18.4 Å². The van der Waals surface area contributed by atoms with E-state index in [0.717, 1.165) is 7.11 Å². The van der Waals surface area contributed by atoms with Gasteiger partial charge in [-0.3, -0.25) is 9.59 Å². The molecule has 2 rings (SSSR count). The lowest BCUT2D eigenvalue weighted by Crippen LogP contribution is -2.42. The fraction of sp³-hybridized carbons (Fsp3) is 0.286. The van der Waals surface area contributed by atoms with Crippen molar-refractivity contribution >= 4 is 27.9 Å². The van der Waals surface area contributed by atoms with Crippen LogP contribution in [0.15, 0.2) is 53.4 Å². The van der Waals surface area contributed by atoms with E-state index >= 15 is 0 Å². The molecule has 0 saturated heterocycles. The van der Waals surface area contributed by atoms with Crippen LogP contribution in [0.4, 0.5) is 0 Å². The highest BCUT2D eigenvalue weighted by atomic mass is 32.2. The number of hydrogen-bond donors (Lipinski definition) is 3. The van der Waals surface area contributed by atoms with E-state index in [1.807, 2.05) is 6.92 Å². The van der Waals surface area contributed by atoms with Gasteiger partial charge >= 0.3 is 11.9 Å². The molecule has 1 amide bonds. The molecule has 166 valence electrons. The summed E-state index contributed by atoms with van der Waals surface area (Å²) in [6.07, 6.45) is 0.0339. The summed E-state index contributed by atoms with van der Waals surface area (Å²) in [7, 11) is -2.61. The van der Waals surface area contributed by atoms with Crippen LogP contribution in [0.2, 0.25) is 0 Å². The zero-order valence-electron chi connectivity index (χ0n) is 17.1. The van der Waals surface area contributed by atoms with Gasteiger partial charge in [-0.25, -0.2) is 17.9 Å².